The van der Waals surface area contributed by atoms with E-state index in [4.69, 9.17) is 10.5 Å². The van der Waals surface area contributed by atoms with Gasteiger partial charge >= 0.3 is 0 Å². The number of hydrogen-bond donors (Lipinski definition) is 1. The molecule has 0 saturated heterocycles. The van der Waals surface area contributed by atoms with E-state index in [0.717, 1.165) is 16.7 Å². The molecule has 0 bridgehead atoms. The van der Waals surface area contributed by atoms with Crippen molar-refractivity contribution in [2.24, 2.45) is 11.1 Å². The van der Waals surface area contributed by atoms with Gasteiger partial charge in [0.2, 0.25) is 0 Å². The Morgan fingerprint density at radius 3 is 2.82 bits per heavy atom. The van der Waals surface area contributed by atoms with Crippen LogP contribution in [0.4, 0.5) is 0 Å². The SMILES string of the molecule is CC(C)(CN)COc1cnc2ccccc2c1. The van der Waals surface area contributed by atoms with Gasteiger partial charge in [-0.3, -0.25) is 4.98 Å². The molecule has 17 heavy (non-hydrogen) atoms. The number of nitrogens with zero attached hydrogens (tertiary/aromatic N) is 1. The van der Waals surface area contributed by atoms with Crippen LogP contribution in [0.5, 0.6) is 5.75 Å². The lowest BCUT2D eigenvalue weighted by atomic mass is 9.95. The second kappa shape index (κ2) is 4.72. The molecule has 1 aromatic heterocycles. The summed E-state index contributed by atoms with van der Waals surface area (Å²) in [6, 6.07) is 10.0. The summed E-state index contributed by atoms with van der Waals surface area (Å²) in [6.07, 6.45) is 1.76. The smallest absolute Gasteiger partial charge is 0.138 e. The molecular formula is C14H18N2O. The first-order valence-corrected chi connectivity index (χ1v) is 5.78. The molecule has 3 nitrogen and oxygen atoms in total. The highest BCUT2D eigenvalue weighted by molar-refractivity contribution is 5.79. The molecular weight excluding hydrogens is 212 g/mol. The molecule has 3 heteroatoms. The van der Waals surface area contributed by atoms with Crippen LogP contribution in [0.2, 0.25) is 0 Å². The number of nitrogens with two attached hydrogens (primary N) is 1. The molecule has 0 amide bonds. The maximum atomic E-state index is 5.73. The number of benzene rings is 1. The minimum absolute atomic E-state index is 0.00829. The van der Waals surface area contributed by atoms with Gasteiger partial charge in [0.15, 0.2) is 0 Å². The van der Waals surface area contributed by atoms with Gasteiger partial charge in [0.05, 0.1) is 18.3 Å². The van der Waals surface area contributed by atoms with E-state index in [0.29, 0.717) is 13.2 Å². The van der Waals surface area contributed by atoms with Crippen molar-refractivity contribution in [1.29, 1.82) is 0 Å². The highest BCUT2D eigenvalue weighted by atomic mass is 16.5. The molecule has 0 radical (unpaired) electrons. The van der Waals surface area contributed by atoms with Crippen LogP contribution < -0.4 is 10.5 Å². The zero-order chi connectivity index (χ0) is 12.3. The average Bonchev–Trinajstić information content (AvgIpc) is 2.36. The number of para-hydroxylation sites is 1. The Kier molecular flexibility index (Phi) is 3.29. The van der Waals surface area contributed by atoms with Crippen LogP contribution >= 0.6 is 0 Å². The van der Waals surface area contributed by atoms with Gasteiger partial charge in [0.25, 0.3) is 0 Å². The summed E-state index contributed by atoms with van der Waals surface area (Å²) in [5, 5.41) is 1.09. The summed E-state index contributed by atoms with van der Waals surface area (Å²) < 4.78 is 5.73. The predicted octanol–water partition coefficient (Wildman–Crippen LogP) is 2.60. The van der Waals surface area contributed by atoms with Crippen molar-refractivity contribution in [1.82, 2.24) is 4.98 Å². The lowest BCUT2D eigenvalue weighted by Crippen LogP contribution is -2.30. The first-order valence-electron chi connectivity index (χ1n) is 5.78. The Balaban J connectivity index is 2.14. The Labute approximate surface area is 102 Å². The molecule has 0 aliphatic rings. The van der Waals surface area contributed by atoms with E-state index < -0.39 is 0 Å². The fourth-order valence-electron chi connectivity index (χ4n) is 1.47. The van der Waals surface area contributed by atoms with Crippen molar-refractivity contribution in [2.45, 2.75) is 13.8 Å². The monoisotopic (exact) mass is 230 g/mol. The van der Waals surface area contributed by atoms with E-state index in [-0.39, 0.29) is 5.41 Å². The molecule has 0 aliphatic carbocycles. The minimum atomic E-state index is -0.00829. The van der Waals surface area contributed by atoms with Crippen molar-refractivity contribution >= 4 is 10.9 Å². The third-order valence-corrected chi connectivity index (χ3v) is 2.75. The molecule has 0 atom stereocenters. The summed E-state index contributed by atoms with van der Waals surface area (Å²) in [5.41, 5.74) is 6.64. The van der Waals surface area contributed by atoms with Crippen molar-refractivity contribution in [2.75, 3.05) is 13.2 Å². The van der Waals surface area contributed by atoms with Gasteiger partial charge < -0.3 is 10.5 Å². The van der Waals surface area contributed by atoms with Crippen molar-refractivity contribution < 1.29 is 4.74 Å². The highest BCUT2D eigenvalue weighted by Crippen LogP contribution is 2.20. The summed E-state index contributed by atoms with van der Waals surface area (Å²) in [4.78, 5) is 4.35. The van der Waals surface area contributed by atoms with Gasteiger partial charge in [0.1, 0.15) is 5.75 Å². The van der Waals surface area contributed by atoms with Crippen LogP contribution in [0.25, 0.3) is 10.9 Å². The summed E-state index contributed by atoms with van der Waals surface area (Å²) in [5.74, 6) is 0.797. The van der Waals surface area contributed by atoms with E-state index in [1.807, 2.05) is 30.3 Å². The van der Waals surface area contributed by atoms with Crippen LogP contribution in [-0.4, -0.2) is 18.1 Å². The molecule has 90 valence electrons. The Morgan fingerprint density at radius 1 is 1.29 bits per heavy atom. The fraction of sp³-hybridized carbons (Fsp3) is 0.357. The average molecular weight is 230 g/mol. The van der Waals surface area contributed by atoms with Crippen LogP contribution in [0.3, 0.4) is 0 Å². The second-order valence-corrected chi connectivity index (χ2v) is 5.02. The third kappa shape index (κ3) is 2.94. The van der Waals surface area contributed by atoms with Gasteiger partial charge in [-0.15, -0.1) is 0 Å². The normalized spacial score (nSPS) is 11.7. The standard InChI is InChI=1S/C14H18N2O/c1-14(2,9-15)10-17-12-7-11-5-3-4-6-13(11)16-8-12/h3-8H,9-10,15H2,1-2H3. The molecule has 2 N–H and O–H groups in total. The molecule has 2 aromatic rings. The van der Waals surface area contributed by atoms with Crippen molar-refractivity contribution in [3.05, 3.63) is 36.5 Å². The maximum absolute atomic E-state index is 5.73. The first kappa shape index (κ1) is 11.9. The number of aromatic nitrogens is 1. The maximum Gasteiger partial charge on any atom is 0.138 e. The van der Waals surface area contributed by atoms with Crippen LogP contribution in [-0.2, 0) is 0 Å². The van der Waals surface area contributed by atoms with E-state index in [1.165, 1.54) is 0 Å². The largest absolute Gasteiger partial charge is 0.491 e. The molecule has 0 spiro atoms. The second-order valence-electron chi connectivity index (χ2n) is 5.02. The molecule has 1 heterocycles. The number of pyridine rings is 1. The summed E-state index contributed by atoms with van der Waals surface area (Å²) in [7, 11) is 0. The number of hydrogen-bond acceptors (Lipinski definition) is 3. The van der Waals surface area contributed by atoms with Gasteiger partial charge in [-0.25, -0.2) is 0 Å². The van der Waals surface area contributed by atoms with E-state index in [1.54, 1.807) is 6.20 Å². The third-order valence-electron chi connectivity index (χ3n) is 2.75. The number of fused-ring (bicyclic) bond motifs is 1. The zero-order valence-corrected chi connectivity index (χ0v) is 10.3. The Morgan fingerprint density at radius 2 is 2.06 bits per heavy atom. The van der Waals surface area contributed by atoms with Gasteiger partial charge in [0, 0.05) is 17.3 Å². The van der Waals surface area contributed by atoms with Gasteiger partial charge in [-0.05, 0) is 12.1 Å². The first-order chi connectivity index (χ1) is 8.11. The minimum Gasteiger partial charge on any atom is -0.491 e. The number of rotatable bonds is 4. The van der Waals surface area contributed by atoms with Crippen LogP contribution in [0, 0.1) is 5.41 Å². The quantitative estimate of drug-likeness (QED) is 0.878. The molecule has 1 aromatic carbocycles. The molecule has 0 saturated carbocycles. The van der Waals surface area contributed by atoms with Gasteiger partial charge in [-0.2, -0.15) is 0 Å². The Hall–Kier alpha value is -1.61. The lowest BCUT2D eigenvalue weighted by molar-refractivity contribution is 0.187. The zero-order valence-electron chi connectivity index (χ0n) is 10.3. The van der Waals surface area contributed by atoms with Gasteiger partial charge in [-0.1, -0.05) is 32.0 Å². The van der Waals surface area contributed by atoms with E-state index in [9.17, 15) is 0 Å². The van der Waals surface area contributed by atoms with E-state index in [2.05, 4.69) is 18.8 Å². The molecule has 0 fully saturated rings. The summed E-state index contributed by atoms with van der Waals surface area (Å²) in [6.45, 7) is 5.38. The van der Waals surface area contributed by atoms with Crippen LogP contribution in [0.1, 0.15) is 13.8 Å². The van der Waals surface area contributed by atoms with E-state index >= 15 is 0 Å². The molecule has 0 aliphatic heterocycles. The molecule has 0 unspecified atom stereocenters. The topological polar surface area (TPSA) is 48.1 Å². The predicted molar refractivity (Wildman–Crippen MR) is 70.1 cm³/mol. The lowest BCUT2D eigenvalue weighted by Gasteiger charge is -2.22. The van der Waals surface area contributed by atoms with Crippen molar-refractivity contribution in [3.63, 3.8) is 0 Å². The number of ether oxygens (including phenoxy) is 1. The molecule has 2 rings (SSSR count). The Bertz CT molecular complexity index is 508. The fourth-order valence-corrected chi connectivity index (χ4v) is 1.47. The summed E-state index contributed by atoms with van der Waals surface area (Å²) >= 11 is 0. The highest BCUT2D eigenvalue weighted by Gasteiger charge is 2.16. The van der Waals surface area contributed by atoms with Crippen LogP contribution in [0.15, 0.2) is 36.5 Å². The van der Waals surface area contributed by atoms with Crippen molar-refractivity contribution in [3.8, 4) is 5.75 Å².